The van der Waals surface area contributed by atoms with Crippen LogP contribution < -0.4 is 4.74 Å². The van der Waals surface area contributed by atoms with Crippen LogP contribution in [0.4, 0.5) is 0 Å². The molecular formula is C24H30N2O3+2. The molecule has 1 amide bonds. The molecule has 5 heteroatoms. The minimum Gasteiger partial charge on any atom is -0.485 e. The van der Waals surface area contributed by atoms with E-state index >= 15 is 0 Å². The Bertz CT molecular complexity index is 920. The zero-order valence-electron chi connectivity index (χ0n) is 17.4. The molecule has 0 spiro atoms. The first-order chi connectivity index (χ1) is 14.0. The number of hydrogen-bond donors (Lipinski definition) is 0. The van der Waals surface area contributed by atoms with Gasteiger partial charge in [0.1, 0.15) is 6.72 Å². The molecule has 0 fully saturated rings. The number of pyridine rings is 1. The average Bonchev–Trinajstić information content (AvgIpc) is 2.73. The van der Waals surface area contributed by atoms with Gasteiger partial charge in [0.2, 0.25) is 5.75 Å². The molecule has 1 aromatic carbocycles. The summed E-state index contributed by atoms with van der Waals surface area (Å²) in [5.74, 6) is 1.63. The van der Waals surface area contributed by atoms with Gasteiger partial charge in [-0.1, -0.05) is 13.0 Å². The zero-order valence-corrected chi connectivity index (χ0v) is 17.4. The fourth-order valence-electron chi connectivity index (χ4n) is 3.77. The molecule has 1 aliphatic carbocycles. The van der Waals surface area contributed by atoms with E-state index < -0.39 is 0 Å². The molecule has 5 nitrogen and oxygen atoms in total. The van der Waals surface area contributed by atoms with E-state index in [1.54, 1.807) is 6.07 Å². The number of ether oxygens (including phenoxy) is 1. The Morgan fingerprint density at radius 1 is 1.34 bits per heavy atom. The number of aromatic nitrogens is 1. The lowest BCUT2D eigenvalue weighted by Gasteiger charge is -2.21. The third-order valence-corrected chi connectivity index (χ3v) is 5.43. The number of rotatable bonds is 8. The highest BCUT2D eigenvalue weighted by Gasteiger charge is 2.21. The van der Waals surface area contributed by atoms with E-state index in [-0.39, 0.29) is 12.3 Å². The van der Waals surface area contributed by atoms with Crippen LogP contribution in [0.15, 0.2) is 30.3 Å². The van der Waals surface area contributed by atoms with Gasteiger partial charge in [0.05, 0.1) is 13.0 Å². The van der Waals surface area contributed by atoms with Crippen molar-refractivity contribution in [3.8, 4) is 11.5 Å². The summed E-state index contributed by atoms with van der Waals surface area (Å²) in [6.07, 6.45) is 4.52. The van der Waals surface area contributed by atoms with Crippen LogP contribution in [0.5, 0.6) is 11.5 Å². The van der Waals surface area contributed by atoms with Crippen molar-refractivity contribution in [2.24, 2.45) is 0 Å². The maximum atomic E-state index is 12.6. The Morgan fingerprint density at radius 2 is 2.17 bits per heavy atom. The number of hydrogen-bond acceptors (Lipinski definition) is 3. The fraction of sp³-hybridized carbons (Fsp3) is 0.417. The molecular weight excluding hydrogens is 364 g/mol. The van der Waals surface area contributed by atoms with Gasteiger partial charge in [-0.2, -0.15) is 4.58 Å². The predicted octanol–water partition coefficient (Wildman–Crippen LogP) is 4.02. The number of aryl methyl sites for hydroxylation is 1. The largest absolute Gasteiger partial charge is 0.485 e. The molecule has 1 heterocycles. The third-order valence-electron chi connectivity index (χ3n) is 5.43. The van der Waals surface area contributed by atoms with Gasteiger partial charge in [-0.05, 0) is 61.4 Å². The SMILES string of the molecule is C=[O+]c1ccc(CC(=O)[N+](=C)CCc2ccc3c(n2)C(C)CCC3)cc1OCC. The van der Waals surface area contributed by atoms with Gasteiger partial charge in [0.15, 0.2) is 6.54 Å². The van der Waals surface area contributed by atoms with Gasteiger partial charge in [0, 0.05) is 23.9 Å². The van der Waals surface area contributed by atoms with Crippen LogP contribution in [0.25, 0.3) is 0 Å². The average molecular weight is 395 g/mol. The Hall–Kier alpha value is -2.82. The summed E-state index contributed by atoms with van der Waals surface area (Å²) >= 11 is 0. The fourth-order valence-corrected chi connectivity index (χ4v) is 3.77. The topological polar surface area (TPSA) is 53.5 Å². The minimum absolute atomic E-state index is 0.0398. The molecule has 0 saturated carbocycles. The quantitative estimate of drug-likeness (QED) is 0.386. The number of fused-ring (bicyclic) bond motifs is 1. The number of carbonyl (C=O) groups is 1. The molecule has 29 heavy (non-hydrogen) atoms. The first kappa shape index (κ1) is 20.9. The summed E-state index contributed by atoms with van der Waals surface area (Å²) in [4.78, 5) is 17.5. The van der Waals surface area contributed by atoms with Crippen LogP contribution in [-0.2, 0) is 28.5 Å². The predicted molar refractivity (Wildman–Crippen MR) is 114 cm³/mol. The molecule has 3 rings (SSSR count). The Labute approximate surface area is 172 Å². The summed E-state index contributed by atoms with van der Waals surface area (Å²) in [6, 6.07) is 9.72. The number of nitrogens with zero attached hydrogens (tertiary/aromatic N) is 2. The van der Waals surface area contributed by atoms with Crippen molar-refractivity contribution in [1.29, 1.82) is 0 Å². The normalized spacial score (nSPS) is 15.4. The van der Waals surface area contributed by atoms with Gasteiger partial charge in [-0.25, -0.2) is 9.22 Å². The lowest BCUT2D eigenvalue weighted by Crippen LogP contribution is -2.24. The van der Waals surface area contributed by atoms with Crippen LogP contribution in [0, 0.1) is 0 Å². The summed E-state index contributed by atoms with van der Waals surface area (Å²) in [5.41, 5.74) is 4.48. The van der Waals surface area contributed by atoms with Gasteiger partial charge in [-0.15, -0.1) is 0 Å². The first-order valence-corrected chi connectivity index (χ1v) is 10.3. The molecule has 2 aromatic rings. The molecule has 1 unspecified atom stereocenters. The summed E-state index contributed by atoms with van der Waals surface area (Å²) in [7, 11) is 0. The first-order valence-electron chi connectivity index (χ1n) is 10.3. The molecule has 0 radical (unpaired) electrons. The van der Waals surface area contributed by atoms with Gasteiger partial charge >= 0.3 is 11.7 Å². The summed E-state index contributed by atoms with van der Waals surface area (Å²) in [5, 5.41) is 0. The standard InChI is InChI=1S/C24H30N2O3/c1-5-29-22-15-18(9-12-21(22)28-4)16-23(27)26(3)14-13-20-11-10-19-8-6-7-17(2)24(19)25-20/h9-12,15,17H,3-8,13-14,16H2,1-2H3/q+2. The monoisotopic (exact) mass is 394 g/mol. The van der Waals surface area contributed by atoms with E-state index in [0.29, 0.717) is 37.0 Å². The highest BCUT2D eigenvalue weighted by Crippen LogP contribution is 2.30. The van der Waals surface area contributed by atoms with Crippen molar-refractivity contribution in [1.82, 2.24) is 4.98 Å². The van der Waals surface area contributed by atoms with Crippen molar-refractivity contribution in [3.05, 3.63) is 52.8 Å². The second kappa shape index (κ2) is 9.59. The molecule has 1 atom stereocenters. The van der Waals surface area contributed by atoms with E-state index in [1.807, 2.05) is 19.1 Å². The minimum atomic E-state index is -0.0398. The van der Waals surface area contributed by atoms with Crippen molar-refractivity contribution < 1.29 is 18.5 Å². The summed E-state index contributed by atoms with van der Waals surface area (Å²) < 4.78 is 12.1. The summed E-state index contributed by atoms with van der Waals surface area (Å²) in [6.45, 7) is 12.6. The zero-order chi connectivity index (χ0) is 20.8. The van der Waals surface area contributed by atoms with Gasteiger partial charge in [-0.3, -0.25) is 4.98 Å². The molecule has 0 saturated heterocycles. The van der Waals surface area contributed by atoms with Crippen LogP contribution in [0.3, 0.4) is 0 Å². The van der Waals surface area contributed by atoms with Crippen LogP contribution in [0.2, 0.25) is 0 Å². The molecule has 1 aromatic heterocycles. The number of carbonyl (C=O) groups excluding carboxylic acids is 2. The second-order valence-electron chi connectivity index (χ2n) is 7.58. The molecule has 1 aliphatic rings. The Morgan fingerprint density at radius 3 is 2.93 bits per heavy atom. The lowest BCUT2D eigenvalue weighted by atomic mass is 9.87. The second-order valence-corrected chi connectivity index (χ2v) is 7.58. The Kier molecular flexibility index (Phi) is 6.91. The van der Waals surface area contributed by atoms with E-state index in [1.165, 1.54) is 28.7 Å². The maximum Gasteiger partial charge on any atom is 0.393 e. The van der Waals surface area contributed by atoms with E-state index in [4.69, 9.17) is 14.1 Å². The highest BCUT2D eigenvalue weighted by molar-refractivity contribution is 5.72. The van der Waals surface area contributed by atoms with Crippen molar-refractivity contribution >= 4 is 19.4 Å². The van der Waals surface area contributed by atoms with Crippen molar-refractivity contribution in [2.75, 3.05) is 13.2 Å². The number of benzene rings is 1. The van der Waals surface area contributed by atoms with Gasteiger partial charge < -0.3 is 4.74 Å². The van der Waals surface area contributed by atoms with E-state index in [9.17, 15) is 4.79 Å². The molecule has 0 aliphatic heterocycles. The maximum absolute atomic E-state index is 12.6. The highest BCUT2D eigenvalue weighted by atomic mass is 16.5. The van der Waals surface area contributed by atoms with Crippen LogP contribution in [-0.4, -0.2) is 42.1 Å². The van der Waals surface area contributed by atoms with Gasteiger partial charge in [0.25, 0.3) is 6.79 Å². The molecule has 0 N–H and O–H groups in total. The van der Waals surface area contributed by atoms with Crippen molar-refractivity contribution in [2.45, 2.75) is 51.9 Å². The number of amides is 1. The third kappa shape index (κ3) is 5.17. The molecule has 152 valence electrons. The van der Waals surface area contributed by atoms with Crippen LogP contribution in [0.1, 0.15) is 55.1 Å². The van der Waals surface area contributed by atoms with Crippen molar-refractivity contribution in [3.63, 3.8) is 0 Å². The molecule has 0 bridgehead atoms. The lowest BCUT2D eigenvalue weighted by molar-refractivity contribution is -0.440. The smallest absolute Gasteiger partial charge is 0.393 e. The van der Waals surface area contributed by atoms with Crippen LogP contribution >= 0.6 is 0 Å². The van der Waals surface area contributed by atoms with E-state index in [2.05, 4.69) is 32.6 Å². The van der Waals surface area contributed by atoms with E-state index in [0.717, 1.165) is 17.7 Å². The Balaban J connectivity index is 1.60.